The lowest BCUT2D eigenvalue weighted by Crippen LogP contribution is -2.35. The summed E-state index contributed by atoms with van der Waals surface area (Å²) in [7, 11) is 0. The van der Waals surface area contributed by atoms with E-state index < -0.39 is 0 Å². The number of H-pyrrole nitrogens is 1. The first-order valence-corrected chi connectivity index (χ1v) is 10.5. The molecular weight excluding hydrogens is 362 g/mol. The Morgan fingerprint density at radius 1 is 1.07 bits per heavy atom. The van der Waals surface area contributed by atoms with E-state index in [1.54, 1.807) is 6.07 Å². The minimum Gasteiger partial charge on any atom is -0.340 e. The SMILES string of the molecule is O=C(CCCc1nc2ccccc2c(=O)[nH]1)N1CCCC1CCc1ccccc1. The van der Waals surface area contributed by atoms with Gasteiger partial charge in [0.2, 0.25) is 5.91 Å². The maximum atomic E-state index is 12.8. The molecule has 0 bridgehead atoms. The molecule has 0 spiro atoms. The number of rotatable bonds is 7. The van der Waals surface area contributed by atoms with Crippen LogP contribution >= 0.6 is 0 Å². The highest BCUT2D eigenvalue weighted by molar-refractivity contribution is 5.77. The maximum Gasteiger partial charge on any atom is 0.258 e. The average molecular weight is 389 g/mol. The van der Waals surface area contributed by atoms with Gasteiger partial charge in [0.1, 0.15) is 5.82 Å². The Morgan fingerprint density at radius 3 is 2.72 bits per heavy atom. The smallest absolute Gasteiger partial charge is 0.258 e. The number of hydrogen-bond donors (Lipinski definition) is 1. The molecule has 1 N–H and O–H groups in total. The first kappa shape index (κ1) is 19.4. The second-order valence-electron chi connectivity index (χ2n) is 7.79. The van der Waals surface area contributed by atoms with Crippen LogP contribution in [-0.2, 0) is 17.6 Å². The molecule has 150 valence electrons. The highest BCUT2D eigenvalue weighted by Gasteiger charge is 2.27. The molecule has 0 aliphatic carbocycles. The summed E-state index contributed by atoms with van der Waals surface area (Å²) in [5.41, 5.74) is 1.92. The van der Waals surface area contributed by atoms with Gasteiger partial charge in [-0.2, -0.15) is 0 Å². The van der Waals surface area contributed by atoms with Crippen molar-refractivity contribution >= 4 is 16.8 Å². The molecule has 2 aromatic carbocycles. The third kappa shape index (κ3) is 4.73. The van der Waals surface area contributed by atoms with Crippen molar-refractivity contribution in [3.8, 4) is 0 Å². The normalized spacial score (nSPS) is 16.4. The molecule has 3 aromatic rings. The number of likely N-dealkylation sites (tertiary alicyclic amines) is 1. The van der Waals surface area contributed by atoms with Crippen molar-refractivity contribution in [3.63, 3.8) is 0 Å². The molecule has 0 radical (unpaired) electrons. The number of nitrogens with one attached hydrogen (secondary N) is 1. The summed E-state index contributed by atoms with van der Waals surface area (Å²) >= 11 is 0. The monoisotopic (exact) mass is 389 g/mol. The number of fused-ring (bicyclic) bond motifs is 1. The van der Waals surface area contributed by atoms with Crippen LogP contribution in [0.5, 0.6) is 0 Å². The van der Waals surface area contributed by atoms with Crippen molar-refractivity contribution in [1.29, 1.82) is 0 Å². The van der Waals surface area contributed by atoms with E-state index in [0.717, 1.165) is 32.2 Å². The quantitative estimate of drug-likeness (QED) is 0.667. The zero-order valence-corrected chi connectivity index (χ0v) is 16.6. The van der Waals surface area contributed by atoms with Gasteiger partial charge in [0, 0.05) is 25.4 Å². The number of carbonyl (C=O) groups excluding carboxylic acids is 1. The lowest BCUT2D eigenvalue weighted by molar-refractivity contribution is -0.132. The van der Waals surface area contributed by atoms with E-state index in [9.17, 15) is 9.59 Å². The Bertz CT molecular complexity index is 1030. The lowest BCUT2D eigenvalue weighted by Gasteiger charge is -2.25. The molecule has 1 unspecified atom stereocenters. The number of hydrogen-bond acceptors (Lipinski definition) is 3. The van der Waals surface area contributed by atoms with Crippen LogP contribution in [0.3, 0.4) is 0 Å². The van der Waals surface area contributed by atoms with E-state index >= 15 is 0 Å². The molecular formula is C24H27N3O2. The predicted molar refractivity (Wildman–Crippen MR) is 115 cm³/mol. The highest BCUT2D eigenvalue weighted by atomic mass is 16.2. The van der Waals surface area contributed by atoms with E-state index in [-0.39, 0.29) is 11.5 Å². The molecule has 1 fully saturated rings. The molecule has 1 saturated heterocycles. The molecule has 5 heteroatoms. The zero-order chi connectivity index (χ0) is 20.1. The number of para-hydroxylation sites is 1. The fourth-order valence-corrected chi connectivity index (χ4v) is 4.25. The number of carbonyl (C=O) groups is 1. The summed E-state index contributed by atoms with van der Waals surface area (Å²) in [4.78, 5) is 34.4. The predicted octanol–water partition coefficient (Wildman–Crippen LogP) is 3.87. The Kier molecular flexibility index (Phi) is 6.03. The molecule has 1 aromatic heterocycles. The van der Waals surface area contributed by atoms with Crippen molar-refractivity contribution < 1.29 is 4.79 Å². The van der Waals surface area contributed by atoms with Crippen LogP contribution in [0.2, 0.25) is 0 Å². The van der Waals surface area contributed by atoms with Gasteiger partial charge in [-0.1, -0.05) is 42.5 Å². The fourth-order valence-electron chi connectivity index (χ4n) is 4.25. The van der Waals surface area contributed by atoms with Crippen molar-refractivity contribution in [2.45, 2.75) is 51.0 Å². The van der Waals surface area contributed by atoms with Crippen LogP contribution in [0.15, 0.2) is 59.4 Å². The van der Waals surface area contributed by atoms with Gasteiger partial charge < -0.3 is 9.88 Å². The Labute approximate surface area is 170 Å². The van der Waals surface area contributed by atoms with Crippen molar-refractivity contribution in [2.24, 2.45) is 0 Å². The van der Waals surface area contributed by atoms with Crippen molar-refractivity contribution in [2.75, 3.05) is 6.54 Å². The lowest BCUT2D eigenvalue weighted by atomic mass is 10.0. The van der Waals surface area contributed by atoms with Gasteiger partial charge in [-0.15, -0.1) is 0 Å². The molecule has 1 aliphatic rings. The van der Waals surface area contributed by atoms with E-state index in [4.69, 9.17) is 0 Å². The molecule has 29 heavy (non-hydrogen) atoms. The number of aromatic nitrogens is 2. The van der Waals surface area contributed by atoms with Gasteiger partial charge in [-0.25, -0.2) is 4.98 Å². The molecule has 1 aliphatic heterocycles. The molecule has 1 amide bonds. The minimum atomic E-state index is -0.113. The van der Waals surface area contributed by atoms with E-state index in [1.165, 1.54) is 5.56 Å². The molecule has 0 saturated carbocycles. The maximum absolute atomic E-state index is 12.8. The van der Waals surface area contributed by atoms with Gasteiger partial charge in [0.05, 0.1) is 10.9 Å². The van der Waals surface area contributed by atoms with Crippen LogP contribution in [0, 0.1) is 0 Å². The van der Waals surface area contributed by atoms with E-state index in [2.05, 4.69) is 39.1 Å². The zero-order valence-electron chi connectivity index (χ0n) is 16.6. The van der Waals surface area contributed by atoms with Crippen molar-refractivity contribution in [1.82, 2.24) is 14.9 Å². The largest absolute Gasteiger partial charge is 0.340 e. The van der Waals surface area contributed by atoms with Gasteiger partial charge in [0.25, 0.3) is 5.56 Å². The second-order valence-corrected chi connectivity index (χ2v) is 7.79. The van der Waals surface area contributed by atoms with Gasteiger partial charge in [-0.3, -0.25) is 9.59 Å². The Balaban J connectivity index is 1.30. The Morgan fingerprint density at radius 2 is 1.86 bits per heavy atom. The van der Waals surface area contributed by atoms with Crippen LogP contribution in [-0.4, -0.2) is 33.4 Å². The summed E-state index contributed by atoms with van der Waals surface area (Å²) in [6, 6.07) is 18.2. The molecule has 5 nitrogen and oxygen atoms in total. The third-order valence-corrected chi connectivity index (χ3v) is 5.77. The molecule has 1 atom stereocenters. The van der Waals surface area contributed by atoms with Crippen molar-refractivity contribution in [3.05, 3.63) is 76.3 Å². The summed E-state index contributed by atoms with van der Waals surface area (Å²) in [5.74, 6) is 0.882. The summed E-state index contributed by atoms with van der Waals surface area (Å²) in [5, 5.41) is 0.602. The second kappa shape index (κ2) is 9.03. The first-order chi connectivity index (χ1) is 14.2. The van der Waals surface area contributed by atoms with Gasteiger partial charge in [-0.05, 0) is 49.8 Å². The molecule has 2 heterocycles. The average Bonchev–Trinajstić information content (AvgIpc) is 3.22. The first-order valence-electron chi connectivity index (χ1n) is 10.5. The Hall–Kier alpha value is -2.95. The number of aromatic amines is 1. The van der Waals surface area contributed by atoms with Gasteiger partial charge in [0.15, 0.2) is 0 Å². The van der Waals surface area contributed by atoms with Crippen LogP contribution in [0.25, 0.3) is 10.9 Å². The fraction of sp³-hybridized carbons (Fsp3) is 0.375. The van der Waals surface area contributed by atoms with E-state index in [1.807, 2.05) is 24.3 Å². The van der Waals surface area contributed by atoms with Gasteiger partial charge >= 0.3 is 0 Å². The van der Waals surface area contributed by atoms with Crippen LogP contribution in [0.1, 0.15) is 43.5 Å². The minimum absolute atomic E-state index is 0.113. The number of nitrogens with zero attached hydrogens (tertiary/aromatic N) is 2. The summed E-state index contributed by atoms with van der Waals surface area (Å²) in [6.07, 6.45) is 6.02. The number of aryl methyl sites for hydroxylation is 2. The van der Waals surface area contributed by atoms with Crippen LogP contribution in [0.4, 0.5) is 0 Å². The molecule has 4 rings (SSSR count). The van der Waals surface area contributed by atoms with Crippen LogP contribution < -0.4 is 5.56 Å². The summed E-state index contributed by atoms with van der Waals surface area (Å²) in [6.45, 7) is 0.864. The van der Waals surface area contributed by atoms with E-state index in [0.29, 0.717) is 42.0 Å². The number of amides is 1. The standard InChI is InChI=1S/C24H27N3O2/c28-23(27-17-7-10-19(27)16-15-18-8-2-1-3-9-18)14-6-13-22-25-21-12-5-4-11-20(21)24(29)26-22/h1-5,8-9,11-12,19H,6-7,10,13-17H2,(H,25,26,29). The number of benzene rings is 2. The third-order valence-electron chi connectivity index (χ3n) is 5.77. The topological polar surface area (TPSA) is 66.1 Å². The summed E-state index contributed by atoms with van der Waals surface area (Å²) < 4.78 is 0. The highest BCUT2D eigenvalue weighted by Crippen LogP contribution is 2.23.